The van der Waals surface area contributed by atoms with Gasteiger partial charge in [0.15, 0.2) is 12.2 Å². The molecule has 0 unspecified atom stereocenters. The highest BCUT2D eigenvalue weighted by Gasteiger charge is 2.49. The van der Waals surface area contributed by atoms with Gasteiger partial charge in [-0.05, 0) is 95.5 Å². The second kappa shape index (κ2) is 24.6. The predicted molar refractivity (Wildman–Crippen MR) is 259 cm³/mol. The first kappa shape index (κ1) is 53.2. The minimum atomic E-state index is -0.781. The molecule has 7 rings (SSSR count). The fourth-order valence-electron chi connectivity index (χ4n) is 9.34. The predicted octanol–water partition coefficient (Wildman–Crippen LogP) is 10.4. The summed E-state index contributed by atoms with van der Waals surface area (Å²) in [7, 11) is 0. The Morgan fingerprint density at radius 3 is 1.38 bits per heavy atom. The lowest BCUT2D eigenvalue weighted by Gasteiger charge is -2.44. The Kier molecular flexibility index (Phi) is 18.9. The SMILES string of the molecule is CC[C@H]1O[C@@H](c2ccc(Cl)c(Cc3ccc(O)cc3)c2)[C@H](OC(C)=O)[C@@H](OC(C)=O)[C@@H]1C.CC[C@H]1O[C@@H](c2ccc(Cl)c(Cc3ccc(O[C@H]4CCOC4)cc3)c2)[C@H](OC(C)=O)[C@@H](OC(C)=O)[C@@H]1C. The van der Waals surface area contributed by atoms with Gasteiger partial charge in [0.05, 0.1) is 25.4 Å². The van der Waals surface area contributed by atoms with Gasteiger partial charge in [0.25, 0.3) is 0 Å². The maximum Gasteiger partial charge on any atom is 0.303 e. The number of hydrogen-bond acceptors (Lipinski definition) is 13. The second-order valence-electron chi connectivity index (χ2n) is 18.0. The zero-order valence-corrected chi connectivity index (χ0v) is 42.0. The van der Waals surface area contributed by atoms with Crippen LogP contribution in [0, 0.1) is 11.8 Å². The third-order valence-corrected chi connectivity index (χ3v) is 13.5. The molecule has 0 spiro atoms. The molecule has 1 N–H and O–H groups in total. The van der Waals surface area contributed by atoms with Crippen molar-refractivity contribution in [1.82, 2.24) is 0 Å². The Morgan fingerprint density at radius 2 is 1.00 bits per heavy atom. The van der Waals surface area contributed by atoms with Crippen LogP contribution in [-0.2, 0) is 65.2 Å². The smallest absolute Gasteiger partial charge is 0.303 e. The van der Waals surface area contributed by atoms with E-state index in [0.29, 0.717) is 29.5 Å². The van der Waals surface area contributed by atoms with Gasteiger partial charge in [-0.15, -0.1) is 0 Å². The van der Waals surface area contributed by atoms with Crippen molar-refractivity contribution in [2.45, 2.75) is 142 Å². The van der Waals surface area contributed by atoms with Gasteiger partial charge in [-0.1, -0.05) is 99.4 Å². The molecule has 3 aliphatic rings. The van der Waals surface area contributed by atoms with Gasteiger partial charge < -0.3 is 43.0 Å². The number of hydrogen-bond donors (Lipinski definition) is 1. The number of carbonyl (C=O) groups excluding carboxylic acids is 4. The number of carbonyl (C=O) groups is 4. The molecule has 15 heteroatoms. The zero-order chi connectivity index (χ0) is 49.9. The lowest BCUT2D eigenvalue weighted by atomic mass is 9.84. The van der Waals surface area contributed by atoms with E-state index >= 15 is 0 Å². The lowest BCUT2D eigenvalue weighted by molar-refractivity contribution is -0.225. The first-order valence-electron chi connectivity index (χ1n) is 23.6. The molecule has 0 bridgehead atoms. The summed E-state index contributed by atoms with van der Waals surface area (Å²) in [5.41, 5.74) is 5.45. The summed E-state index contributed by atoms with van der Waals surface area (Å²) in [6, 6.07) is 26.2. The van der Waals surface area contributed by atoms with E-state index < -0.39 is 60.5 Å². The van der Waals surface area contributed by atoms with Crippen LogP contribution in [0.3, 0.4) is 0 Å². The molecule has 3 fully saturated rings. The van der Waals surface area contributed by atoms with E-state index in [1.54, 1.807) is 18.2 Å². The number of halogens is 2. The van der Waals surface area contributed by atoms with Crippen LogP contribution in [0.25, 0.3) is 0 Å². The van der Waals surface area contributed by atoms with Crippen molar-refractivity contribution >= 4 is 47.1 Å². The number of rotatable bonds is 14. The highest BCUT2D eigenvalue weighted by molar-refractivity contribution is 6.31. The Labute approximate surface area is 414 Å². The molecule has 4 aromatic rings. The van der Waals surface area contributed by atoms with Crippen molar-refractivity contribution in [1.29, 1.82) is 0 Å². The Balaban J connectivity index is 0.000000229. The Bertz CT molecular complexity index is 2370. The fraction of sp³-hybridized carbons (Fsp3) is 0.481. The van der Waals surface area contributed by atoms with E-state index in [0.717, 1.165) is 65.0 Å². The monoisotopic (exact) mass is 990 g/mol. The van der Waals surface area contributed by atoms with Crippen LogP contribution in [0.15, 0.2) is 84.9 Å². The first-order chi connectivity index (χ1) is 32.9. The molecule has 3 saturated heterocycles. The van der Waals surface area contributed by atoms with E-state index in [1.165, 1.54) is 27.7 Å². The summed E-state index contributed by atoms with van der Waals surface area (Å²) in [4.78, 5) is 47.7. The number of benzene rings is 4. The summed E-state index contributed by atoms with van der Waals surface area (Å²) in [6.07, 6.45) is -0.759. The minimum absolute atomic E-state index is 0.100. The Hall–Kier alpha value is -5.18. The van der Waals surface area contributed by atoms with Crippen molar-refractivity contribution < 1.29 is 62.2 Å². The molecule has 3 aliphatic heterocycles. The van der Waals surface area contributed by atoms with E-state index in [-0.39, 0.29) is 35.9 Å². The highest BCUT2D eigenvalue weighted by atomic mass is 35.5. The molecule has 0 aromatic heterocycles. The van der Waals surface area contributed by atoms with E-state index in [2.05, 4.69) is 0 Å². The highest BCUT2D eigenvalue weighted by Crippen LogP contribution is 2.42. The normalized spacial score (nSPS) is 26.4. The molecule has 0 saturated carbocycles. The summed E-state index contributed by atoms with van der Waals surface area (Å²) >= 11 is 13.1. The molecule has 0 radical (unpaired) electrons. The standard InChI is InChI=1S/C29H35ClO7.C25H29ClO6/c1-5-26-17(2)27(34-18(3)31)29(35-19(4)32)28(37-26)21-8-11-25(30)22(15-21)14-20-6-9-23(10-7-20)36-24-12-13-33-16-24;1-5-22-14(2)23(30-15(3)27)25(31-16(4)28)24(32-22)18-8-11-21(26)19(13-18)12-17-6-9-20(29)10-7-17/h6-11,15,17,24,26-29H,5,12-14,16H2,1-4H3;6-11,13-14,22-25,29H,5,12H2,1-4H3/t17-,24+,26-,27+,28+,29-;14-,22-,23+,24+,25-/m11/s1. The quantitative estimate of drug-likeness (QED) is 0.0939. The van der Waals surface area contributed by atoms with Gasteiger partial charge in [-0.3, -0.25) is 19.2 Å². The third kappa shape index (κ3) is 14.2. The van der Waals surface area contributed by atoms with Crippen LogP contribution in [0.5, 0.6) is 11.5 Å². The molecular weight excluding hydrogens is 927 g/mol. The molecule has 3 heterocycles. The van der Waals surface area contributed by atoms with Crippen LogP contribution in [0.2, 0.25) is 10.0 Å². The molecule has 372 valence electrons. The number of ether oxygens (including phenoxy) is 8. The topological polar surface area (TPSA) is 162 Å². The molecule has 0 aliphatic carbocycles. The summed E-state index contributed by atoms with van der Waals surface area (Å²) in [5.74, 6) is -1.06. The maximum absolute atomic E-state index is 12.0. The summed E-state index contributed by atoms with van der Waals surface area (Å²) in [5, 5.41) is 10.8. The van der Waals surface area contributed by atoms with Gasteiger partial charge >= 0.3 is 23.9 Å². The molecule has 0 amide bonds. The van der Waals surface area contributed by atoms with Gasteiger partial charge in [0, 0.05) is 56.0 Å². The minimum Gasteiger partial charge on any atom is -0.508 e. The largest absolute Gasteiger partial charge is 0.508 e. The van der Waals surface area contributed by atoms with Gasteiger partial charge in [0.1, 0.15) is 42.0 Å². The number of aromatic hydroxyl groups is 1. The van der Waals surface area contributed by atoms with E-state index in [4.69, 9.17) is 61.1 Å². The molecule has 13 nitrogen and oxygen atoms in total. The number of phenolic OH excluding ortho intramolecular Hbond substituents is 1. The molecular formula is C54H64Cl2O13. The van der Waals surface area contributed by atoms with Crippen LogP contribution in [-0.4, -0.2) is 84.9 Å². The van der Waals surface area contributed by atoms with E-state index in [1.807, 2.05) is 94.4 Å². The zero-order valence-electron chi connectivity index (χ0n) is 40.5. The van der Waals surface area contributed by atoms with Crippen molar-refractivity contribution in [2.24, 2.45) is 11.8 Å². The van der Waals surface area contributed by atoms with E-state index in [9.17, 15) is 24.3 Å². The Morgan fingerprint density at radius 1 is 0.594 bits per heavy atom. The average Bonchev–Trinajstić information content (AvgIpc) is 3.82. The lowest BCUT2D eigenvalue weighted by Crippen LogP contribution is -2.52. The maximum atomic E-state index is 12.0. The second-order valence-corrected chi connectivity index (χ2v) is 18.8. The van der Waals surface area contributed by atoms with Crippen LogP contribution >= 0.6 is 23.2 Å². The van der Waals surface area contributed by atoms with Crippen molar-refractivity contribution in [3.05, 3.63) is 128 Å². The van der Waals surface area contributed by atoms with Crippen molar-refractivity contribution in [3.63, 3.8) is 0 Å². The van der Waals surface area contributed by atoms with Crippen molar-refractivity contribution in [2.75, 3.05) is 13.2 Å². The number of phenols is 1. The van der Waals surface area contributed by atoms with Gasteiger partial charge in [0.2, 0.25) is 0 Å². The van der Waals surface area contributed by atoms with Gasteiger partial charge in [-0.25, -0.2) is 0 Å². The van der Waals surface area contributed by atoms with Gasteiger partial charge in [-0.2, -0.15) is 0 Å². The summed E-state index contributed by atoms with van der Waals surface area (Å²) < 4.78 is 46.8. The average molecular weight is 992 g/mol. The summed E-state index contributed by atoms with van der Waals surface area (Å²) in [6.45, 7) is 14.7. The third-order valence-electron chi connectivity index (χ3n) is 12.7. The first-order valence-corrected chi connectivity index (χ1v) is 24.4. The van der Waals surface area contributed by atoms with Crippen LogP contribution < -0.4 is 4.74 Å². The van der Waals surface area contributed by atoms with Crippen LogP contribution in [0.1, 0.15) is 120 Å². The molecule has 11 atom stereocenters. The molecule has 4 aromatic carbocycles. The number of esters is 4. The fourth-order valence-corrected chi connectivity index (χ4v) is 9.71. The molecule has 69 heavy (non-hydrogen) atoms. The van der Waals surface area contributed by atoms with Crippen LogP contribution in [0.4, 0.5) is 0 Å². The van der Waals surface area contributed by atoms with Crippen molar-refractivity contribution in [3.8, 4) is 11.5 Å².